The van der Waals surface area contributed by atoms with Crippen molar-refractivity contribution in [2.45, 2.75) is 31.1 Å². The lowest BCUT2D eigenvalue weighted by molar-refractivity contribution is 0.439. The van der Waals surface area contributed by atoms with Gasteiger partial charge in [0.25, 0.3) is 5.71 Å². The second-order valence-corrected chi connectivity index (χ2v) is 7.32. The summed E-state index contributed by atoms with van der Waals surface area (Å²) in [6, 6.07) is 1.58. The number of hydrogen-bond donors (Lipinski definition) is 2. The number of aryl methyl sites for hydroxylation is 1. The molecule has 1 fully saturated rings. The first-order chi connectivity index (χ1) is 10.6. The molecule has 7 nitrogen and oxygen atoms in total. The van der Waals surface area contributed by atoms with Gasteiger partial charge < -0.3 is 9.84 Å². The van der Waals surface area contributed by atoms with Gasteiger partial charge in [-0.25, -0.2) is 18.1 Å². The van der Waals surface area contributed by atoms with Crippen LogP contribution in [0.5, 0.6) is 0 Å². The first-order valence-corrected chi connectivity index (χ1v) is 9.03. The zero-order valence-electron chi connectivity index (χ0n) is 12.5. The van der Waals surface area contributed by atoms with Crippen LogP contribution in [0.4, 0.5) is 0 Å². The van der Waals surface area contributed by atoms with Gasteiger partial charge in [0.1, 0.15) is 4.90 Å². The molecule has 3 rings (SSSR count). The summed E-state index contributed by atoms with van der Waals surface area (Å²) >= 11 is 0. The molecule has 1 aliphatic heterocycles. The van der Waals surface area contributed by atoms with Gasteiger partial charge in [-0.1, -0.05) is 12.1 Å². The van der Waals surface area contributed by atoms with E-state index in [0.29, 0.717) is 30.0 Å². The SMILES string of the molecule is CCc1noc2ncc(S(=O)(=O)NCCC3CCNC3)cc12. The first-order valence-electron chi connectivity index (χ1n) is 7.55. The van der Waals surface area contributed by atoms with E-state index in [1.165, 1.54) is 6.20 Å². The topological polar surface area (TPSA) is 97.1 Å². The standard InChI is InChI=1S/C14H20N4O3S/c1-2-13-12-7-11(9-16-14(12)21-18-13)22(19,20)17-6-4-10-3-5-15-8-10/h7,9-10,15,17H,2-6,8H2,1H3. The number of rotatable bonds is 6. The van der Waals surface area contributed by atoms with Crippen LogP contribution in [0.1, 0.15) is 25.5 Å². The average Bonchev–Trinajstić information content (AvgIpc) is 3.15. The summed E-state index contributed by atoms with van der Waals surface area (Å²) in [5, 5.41) is 7.83. The van der Waals surface area contributed by atoms with Crippen molar-refractivity contribution in [1.82, 2.24) is 20.2 Å². The minimum atomic E-state index is -3.55. The minimum Gasteiger partial charge on any atom is -0.336 e. The Kier molecular flexibility index (Phi) is 4.42. The molecule has 2 aromatic heterocycles. The molecule has 1 atom stereocenters. The Labute approximate surface area is 129 Å². The van der Waals surface area contributed by atoms with Crippen molar-refractivity contribution >= 4 is 21.1 Å². The van der Waals surface area contributed by atoms with Gasteiger partial charge in [0.15, 0.2) is 0 Å². The van der Waals surface area contributed by atoms with Gasteiger partial charge in [0.05, 0.1) is 17.3 Å². The molecule has 8 heteroatoms. The van der Waals surface area contributed by atoms with E-state index in [1.807, 2.05) is 6.92 Å². The van der Waals surface area contributed by atoms with E-state index in [4.69, 9.17) is 4.52 Å². The number of aromatic nitrogens is 2. The number of nitrogens with one attached hydrogen (secondary N) is 2. The Bertz CT molecular complexity index is 751. The third kappa shape index (κ3) is 3.13. The highest BCUT2D eigenvalue weighted by Crippen LogP contribution is 2.20. The Morgan fingerprint density at radius 2 is 2.36 bits per heavy atom. The molecule has 0 aliphatic carbocycles. The van der Waals surface area contributed by atoms with E-state index in [-0.39, 0.29) is 4.90 Å². The molecule has 0 radical (unpaired) electrons. The summed E-state index contributed by atoms with van der Waals surface area (Å²) in [4.78, 5) is 4.20. The fourth-order valence-electron chi connectivity index (χ4n) is 2.70. The molecule has 0 saturated carbocycles. The second-order valence-electron chi connectivity index (χ2n) is 5.55. The summed E-state index contributed by atoms with van der Waals surface area (Å²) in [6.07, 6.45) is 3.93. The fraction of sp³-hybridized carbons (Fsp3) is 0.571. The number of hydrogen-bond acceptors (Lipinski definition) is 6. The Morgan fingerprint density at radius 1 is 1.50 bits per heavy atom. The molecule has 2 aromatic rings. The lowest BCUT2D eigenvalue weighted by Gasteiger charge is -2.09. The highest BCUT2D eigenvalue weighted by atomic mass is 32.2. The van der Waals surface area contributed by atoms with Crippen LogP contribution in [-0.2, 0) is 16.4 Å². The summed E-state index contributed by atoms with van der Waals surface area (Å²) in [5.74, 6) is 0.549. The molecule has 0 aromatic carbocycles. The van der Waals surface area contributed by atoms with Crippen LogP contribution in [0.3, 0.4) is 0 Å². The number of fused-ring (bicyclic) bond motifs is 1. The van der Waals surface area contributed by atoms with E-state index in [1.54, 1.807) is 6.07 Å². The van der Waals surface area contributed by atoms with Crippen LogP contribution >= 0.6 is 0 Å². The van der Waals surface area contributed by atoms with Gasteiger partial charge in [-0.15, -0.1) is 0 Å². The fourth-order valence-corrected chi connectivity index (χ4v) is 3.72. The quantitative estimate of drug-likeness (QED) is 0.825. The largest absolute Gasteiger partial charge is 0.336 e. The molecule has 0 spiro atoms. The Morgan fingerprint density at radius 3 is 3.09 bits per heavy atom. The Hall–Kier alpha value is -1.51. The summed E-state index contributed by atoms with van der Waals surface area (Å²) < 4.78 is 32.4. The van der Waals surface area contributed by atoms with E-state index in [0.717, 1.165) is 31.6 Å². The number of pyridine rings is 1. The highest BCUT2D eigenvalue weighted by molar-refractivity contribution is 7.89. The maximum atomic E-state index is 12.4. The zero-order chi connectivity index (χ0) is 15.6. The average molecular weight is 324 g/mol. The van der Waals surface area contributed by atoms with E-state index < -0.39 is 10.0 Å². The molecule has 22 heavy (non-hydrogen) atoms. The van der Waals surface area contributed by atoms with Crippen LogP contribution in [0.2, 0.25) is 0 Å². The first kappa shape index (κ1) is 15.4. The molecular weight excluding hydrogens is 304 g/mol. The summed E-state index contributed by atoms with van der Waals surface area (Å²) in [5.41, 5.74) is 1.09. The molecule has 1 aliphatic rings. The smallest absolute Gasteiger partial charge is 0.258 e. The molecule has 1 unspecified atom stereocenters. The maximum absolute atomic E-state index is 12.4. The lowest BCUT2D eigenvalue weighted by Crippen LogP contribution is -2.26. The molecule has 0 bridgehead atoms. The van der Waals surface area contributed by atoms with E-state index in [2.05, 4.69) is 20.2 Å². The second kappa shape index (κ2) is 6.31. The summed E-state index contributed by atoms with van der Waals surface area (Å²) in [6.45, 7) is 4.37. The van der Waals surface area contributed by atoms with E-state index >= 15 is 0 Å². The van der Waals surface area contributed by atoms with Gasteiger partial charge >= 0.3 is 0 Å². The molecular formula is C14H20N4O3S. The van der Waals surface area contributed by atoms with Crippen LogP contribution in [0, 0.1) is 5.92 Å². The van der Waals surface area contributed by atoms with Crippen molar-refractivity contribution in [2.75, 3.05) is 19.6 Å². The predicted octanol–water partition coefficient (Wildman–Crippen LogP) is 1.06. The van der Waals surface area contributed by atoms with Crippen molar-refractivity contribution < 1.29 is 12.9 Å². The predicted molar refractivity (Wildman–Crippen MR) is 82.0 cm³/mol. The lowest BCUT2D eigenvalue weighted by atomic mass is 10.1. The van der Waals surface area contributed by atoms with Gasteiger partial charge in [-0.2, -0.15) is 0 Å². The van der Waals surface area contributed by atoms with Crippen molar-refractivity contribution in [1.29, 1.82) is 0 Å². The normalized spacial score (nSPS) is 19.0. The van der Waals surface area contributed by atoms with Gasteiger partial charge in [-0.3, -0.25) is 0 Å². The van der Waals surface area contributed by atoms with Crippen molar-refractivity contribution in [2.24, 2.45) is 5.92 Å². The van der Waals surface area contributed by atoms with Crippen molar-refractivity contribution in [3.63, 3.8) is 0 Å². The monoisotopic (exact) mass is 324 g/mol. The zero-order valence-corrected chi connectivity index (χ0v) is 13.3. The number of nitrogens with zero attached hydrogens (tertiary/aromatic N) is 2. The van der Waals surface area contributed by atoms with Gasteiger partial charge in [0.2, 0.25) is 10.0 Å². The third-order valence-corrected chi connectivity index (χ3v) is 5.46. The minimum absolute atomic E-state index is 0.155. The Balaban J connectivity index is 1.73. The van der Waals surface area contributed by atoms with Gasteiger partial charge in [-0.05, 0) is 44.3 Å². The summed E-state index contributed by atoms with van der Waals surface area (Å²) in [7, 11) is -3.55. The van der Waals surface area contributed by atoms with Crippen molar-refractivity contribution in [3.05, 3.63) is 18.0 Å². The molecule has 2 N–H and O–H groups in total. The maximum Gasteiger partial charge on any atom is 0.258 e. The number of sulfonamides is 1. The molecule has 3 heterocycles. The van der Waals surface area contributed by atoms with Crippen LogP contribution in [0.25, 0.3) is 11.1 Å². The molecule has 120 valence electrons. The van der Waals surface area contributed by atoms with Crippen LogP contribution < -0.4 is 10.0 Å². The highest BCUT2D eigenvalue weighted by Gasteiger charge is 2.19. The van der Waals surface area contributed by atoms with Crippen LogP contribution in [0.15, 0.2) is 21.7 Å². The van der Waals surface area contributed by atoms with Gasteiger partial charge in [0, 0.05) is 6.54 Å². The molecule has 0 amide bonds. The van der Waals surface area contributed by atoms with Crippen LogP contribution in [-0.4, -0.2) is 38.2 Å². The van der Waals surface area contributed by atoms with E-state index in [9.17, 15) is 8.42 Å². The van der Waals surface area contributed by atoms with Crippen molar-refractivity contribution in [3.8, 4) is 0 Å². The molecule has 1 saturated heterocycles. The third-order valence-electron chi connectivity index (χ3n) is 4.03.